The second-order valence-corrected chi connectivity index (χ2v) is 7.31. The molecule has 0 bridgehead atoms. The Balaban J connectivity index is 0.00000261. The predicted octanol–water partition coefficient (Wildman–Crippen LogP) is 1.30. The minimum Gasteiger partial charge on any atom is -0.355 e. The third-order valence-corrected chi connectivity index (χ3v) is 5.24. The molecule has 2 aliphatic rings. The van der Waals surface area contributed by atoms with Crippen LogP contribution < -0.4 is 16.0 Å². The number of benzene rings is 1. The summed E-state index contributed by atoms with van der Waals surface area (Å²) in [6.45, 7) is 5.94. The van der Waals surface area contributed by atoms with Gasteiger partial charge in [0.05, 0.1) is 0 Å². The van der Waals surface area contributed by atoms with Crippen LogP contribution in [0.4, 0.5) is 4.79 Å². The average Bonchev–Trinajstić information content (AvgIpc) is 3.19. The molecular formula is C19H27ClN4O3. The summed E-state index contributed by atoms with van der Waals surface area (Å²) in [6.07, 6.45) is 2.03. The summed E-state index contributed by atoms with van der Waals surface area (Å²) in [5.41, 5.74) is 0.640. The smallest absolute Gasteiger partial charge is 0.325 e. The highest BCUT2D eigenvalue weighted by Crippen LogP contribution is 2.28. The van der Waals surface area contributed by atoms with Gasteiger partial charge in [0.15, 0.2) is 0 Å². The van der Waals surface area contributed by atoms with Crippen molar-refractivity contribution < 1.29 is 14.4 Å². The number of nitrogens with zero attached hydrogens (tertiary/aromatic N) is 1. The Labute approximate surface area is 165 Å². The van der Waals surface area contributed by atoms with Gasteiger partial charge in [-0.2, -0.15) is 0 Å². The van der Waals surface area contributed by atoms with E-state index in [-0.39, 0.29) is 24.9 Å². The molecule has 3 rings (SSSR count). The van der Waals surface area contributed by atoms with E-state index in [1.54, 1.807) is 6.92 Å². The molecule has 2 saturated heterocycles. The highest BCUT2D eigenvalue weighted by molar-refractivity contribution is 6.09. The number of aryl methyl sites for hydroxylation is 1. The van der Waals surface area contributed by atoms with E-state index in [0.717, 1.165) is 36.4 Å². The monoisotopic (exact) mass is 394 g/mol. The lowest BCUT2D eigenvalue weighted by Crippen LogP contribution is -2.43. The number of nitrogens with one attached hydrogen (secondary N) is 3. The topological polar surface area (TPSA) is 90.5 Å². The van der Waals surface area contributed by atoms with E-state index in [9.17, 15) is 14.4 Å². The van der Waals surface area contributed by atoms with Gasteiger partial charge in [0, 0.05) is 6.54 Å². The molecule has 2 aliphatic heterocycles. The van der Waals surface area contributed by atoms with Gasteiger partial charge in [0.2, 0.25) is 5.91 Å². The van der Waals surface area contributed by atoms with Crippen molar-refractivity contribution in [2.45, 2.75) is 32.2 Å². The van der Waals surface area contributed by atoms with E-state index in [1.807, 2.05) is 31.2 Å². The number of halogens is 1. The summed E-state index contributed by atoms with van der Waals surface area (Å²) in [4.78, 5) is 38.2. The molecule has 0 radical (unpaired) electrons. The fourth-order valence-corrected chi connectivity index (χ4v) is 3.50. The third-order valence-electron chi connectivity index (χ3n) is 5.24. The van der Waals surface area contributed by atoms with Crippen LogP contribution in [-0.2, 0) is 15.1 Å². The number of rotatable bonds is 6. The average molecular weight is 395 g/mol. The van der Waals surface area contributed by atoms with Gasteiger partial charge in [-0.3, -0.25) is 14.5 Å². The summed E-state index contributed by atoms with van der Waals surface area (Å²) in [5, 5.41) is 8.82. The second-order valence-electron chi connectivity index (χ2n) is 7.31. The van der Waals surface area contributed by atoms with Crippen molar-refractivity contribution in [3.8, 4) is 0 Å². The molecule has 0 saturated carbocycles. The van der Waals surface area contributed by atoms with E-state index < -0.39 is 17.5 Å². The minimum atomic E-state index is -1.14. The highest BCUT2D eigenvalue weighted by atomic mass is 35.5. The minimum absolute atomic E-state index is 0. The van der Waals surface area contributed by atoms with E-state index in [0.29, 0.717) is 18.0 Å². The lowest BCUT2D eigenvalue weighted by Gasteiger charge is -2.22. The van der Waals surface area contributed by atoms with Crippen LogP contribution in [0.25, 0.3) is 0 Å². The van der Waals surface area contributed by atoms with Gasteiger partial charge in [0.25, 0.3) is 5.91 Å². The van der Waals surface area contributed by atoms with Crippen LogP contribution in [0, 0.1) is 12.8 Å². The molecule has 2 fully saturated rings. The molecule has 27 heavy (non-hydrogen) atoms. The van der Waals surface area contributed by atoms with Crippen molar-refractivity contribution in [2.75, 3.05) is 26.2 Å². The van der Waals surface area contributed by atoms with Crippen LogP contribution >= 0.6 is 12.4 Å². The van der Waals surface area contributed by atoms with E-state index >= 15 is 0 Å². The van der Waals surface area contributed by atoms with Crippen LogP contribution in [0.5, 0.6) is 0 Å². The fourth-order valence-electron chi connectivity index (χ4n) is 3.50. The summed E-state index contributed by atoms with van der Waals surface area (Å²) in [5.74, 6) is -0.133. The number of hydrogen-bond acceptors (Lipinski definition) is 4. The third kappa shape index (κ3) is 4.59. The van der Waals surface area contributed by atoms with E-state index in [2.05, 4.69) is 16.0 Å². The second kappa shape index (κ2) is 8.71. The first-order chi connectivity index (χ1) is 12.4. The van der Waals surface area contributed by atoms with Gasteiger partial charge in [-0.1, -0.05) is 29.8 Å². The number of carbonyl (C=O) groups excluding carboxylic acids is 3. The molecule has 1 aromatic rings. The van der Waals surface area contributed by atoms with Crippen LogP contribution in [0.1, 0.15) is 30.9 Å². The first-order valence-electron chi connectivity index (χ1n) is 9.09. The largest absolute Gasteiger partial charge is 0.355 e. The lowest BCUT2D eigenvalue weighted by atomic mass is 9.91. The first-order valence-corrected chi connectivity index (χ1v) is 9.09. The van der Waals surface area contributed by atoms with Crippen molar-refractivity contribution in [3.63, 3.8) is 0 Å². The molecule has 2 atom stereocenters. The van der Waals surface area contributed by atoms with Crippen molar-refractivity contribution in [3.05, 3.63) is 35.4 Å². The Morgan fingerprint density at radius 3 is 2.63 bits per heavy atom. The van der Waals surface area contributed by atoms with Crippen molar-refractivity contribution >= 4 is 30.3 Å². The van der Waals surface area contributed by atoms with E-state index in [1.165, 1.54) is 0 Å². The number of carbonyl (C=O) groups is 3. The quantitative estimate of drug-likeness (QED) is 0.634. The van der Waals surface area contributed by atoms with Crippen LogP contribution in [0.2, 0.25) is 0 Å². The highest BCUT2D eigenvalue weighted by Gasteiger charge is 2.49. The van der Waals surface area contributed by atoms with E-state index in [4.69, 9.17) is 0 Å². The fraction of sp³-hybridized carbons (Fsp3) is 0.526. The molecule has 3 N–H and O–H groups in total. The molecule has 0 aromatic heterocycles. The zero-order valence-electron chi connectivity index (χ0n) is 15.7. The molecular weight excluding hydrogens is 368 g/mol. The Hall–Kier alpha value is -2.12. The maximum atomic E-state index is 12.8. The molecule has 7 nitrogen and oxygen atoms in total. The molecule has 2 unspecified atom stereocenters. The van der Waals surface area contributed by atoms with Gasteiger partial charge in [-0.15, -0.1) is 12.4 Å². The van der Waals surface area contributed by atoms with Crippen molar-refractivity contribution in [1.82, 2.24) is 20.9 Å². The summed E-state index contributed by atoms with van der Waals surface area (Å²) >= 11 is 0. The molecule has 0 aliphatic carbocycles. The Bertz CT molecular complexity index is 703. The molecule has 2 heterocycles. The van der Waals surface area contributed by atoms with Gasteiger partial charge in [0.1, 0.15) is 12.1 Å². The number of imide groups is 1. The zero-order chi connectivity index (χ0) is 18.7. The maximum absolute atomic E-state index is 12.8. The van der Waals surface area contributed by atoms with Crippen molar-refractivity contribution in [2.24, 2.45) is 5.92 Å². The summed E-state index contributed by atoms with van der Waals surface area (Å²) < 4.78 is 0. The van der Waals surface area contributed by atoms with Crippen molar-refractivity contribution in [1.29, 1.82) is 0 Å². The standard InChI is InChI=1S/C19H26N4O3.ClH/c1-13-3-5-15(6-4-13)19(2)17(25)23(18(26)22-19)12-16(24)21-10-8-14-7-9-20-11-14;/h3-6,14,20H,7-12H2,1-2H3,(H,21,24)(H,22,26);1H. The zero-order valence-corrected chi connectivity index (χ0v) is 16.5. The van der Waals surface area contributed by atoms with Gasteiger partial charge in [-0.05, 0) is 51.3 Å². The van der Waals surface area contributed by atoms with Crippen LogP contribution in [0.3, 0.4) is 0 Å². The normalized spacial score (nSPS) is 24.5. The molecule has 4 amide bonds. The summed E-state index contributed by atoms with van der Waals surface area (Å²) in [7, 11) is 0. The molecule has 0 spiro atoms. The Morgan fingerprint density at radius 1 is 1.30 bits per heavy atom. The van der Waals surface area contributed by atoms with Crippen LogP contribution in [-0.4, -0.2) is 48.9 Å². The maximum Gasteiger partial charge on any atom is 0.325 e. The molecule has 1 aromatic carbocycles. The van der Waals surface area contributed by atoms with Gasteiger partial charge in [-0.25, -0.2) is 4.79 Å². The summed E-state index contributed by atoms with van der Waals surface area (Å²) in [6, 6.07) is 6.91. The Kier molecular flexibility index (Phi) is 6.84. The van der Waals surface area contributed by atoms with Gasteiger partial charge < -0.3 is 16.0 Å². The first kappa shape index (κ1) is 21.2. The SMILES string of the molecule is Cc1ccc(C2(C)NC(=O)N(CC(=O)NCCC3CCNC3)C2=O)cc1.Cl. The molecule has 148 valence electrons. The predicted molar refractivity (Wildman–Crippen MR) is 105 cm³/mol. The van der Waals surface area contributed by atoms with Gasteiger partial charge >= 0.3 is 6.03 Å². The number of hydrogen-bond donors (Lipinski definition) is 3. The number of amides is 4. The van der Waals surface area contributed by atoms with Crippen LogP contribution in [0.15, 0.2) is 24.3 Å². The lowest BCUT2D eigenvalue weighted by molar-refractivity contribution is -0.134. The number of urea groups is 1. The Morgan fingerprint density at radius 2 is 2.00 bits per heavy atom. The molecule has 8 heteroatoms.